The molecule has 3 aliphatic carbocycles. The van der Waals surface area contributed by atoms with Crippen LogP contribution in [0, 0.1) is 0 Å². The Morgan fingerprint density at radius 1 is 0.438 bits per heavy atom. The van der Waals surface area contributed by atoms with E-state index in [1.54, 1.807) is 22.3 Å². The topological polar surface area (TPSA) is 0 Å². The molecule has 0 heteroatoms. The van der Waals surface area contributed by atoms with E-state index in [9.17, 15) is 0 Å². The van der Waals surface area contributed by atoms with Crippen molar-refractivity contribution < 1.29 is 0 Å². The minimum atomic E-state index is 1.29. The zero-order chi connectivity index (χ0) is 10.8. The molecule has 0 saturated carbocycles. The van der Waals surface area contributed by atoms with Gasteiger partial charge in [0.25, 0.3) is 0 Å². The summed E-state index contributed by atoms with van der Waals surface area (Å²) in [4.78, 5) is 0. The molecule has 0 aliphatic heterocycles. The van der Waals surface area contributed by atoms with Crippen molar-refractivity contribution in [2.24, 2.45) is 0 Å². The largest absolute Gasteiger partial charge is 0.0585 e. The van der Waals surface area contributed by atoms with Crippen LogP contribution in [0.4, 0.5) is 0 Å². The van der Waals surface area contributed by atoms with Crippen LogP contribution in [-0.2, 0) is 0 Å². The average molecular weight is 212 g/mol. The summed E-state index contributed by atoms with van der Waals surface area (Å²) in [6.45, 7) is 0. The lowest BCUT2D eigenvalue weighted by Gasteiger charge is -2.21. The SMILES string of the molecule is C1=C\C2=C(/C=C\C3=C/1CCCC3)CCCC2. The average Bonchev–Trinajstić information content (AvgIpc) is 2.32. The van der Waals surface area contributed by atoms with Gasteiger partial charge in [0, 0.05) is 0 Å². The molecule has 0 N–H and O–H groups in total. The van der Waals surface area contributed by atoms with Gasteiger partial charge in [-0.25, -0.2) is 0 Å². The van der Waals surface area contributed by atoms with E-state index in [-0.39, 0.29) is 0 Å². The van der Waals surface area contributed by atoms with Gasteiger partial charge in [-0.2, -0.15) is 0 Å². The quantitative estimate of drug-likeness (QED) is 0.538. The molecule has 0 radical (unpaired) electrons. The van der Waals surface area contributed by atoms with Gasteiger partial charge in [-0.05, 0) is 73.7 Å². The van der Waals surface area contributed by atoms with Gasteiger partial charge in [0.05, 0.1) is 0 Å². The first kappa shape index (κ1) is 10.1. The molecule has 0 amide bonds. The first-order valence-electron chi connectivity index (χ1n) is 6.74. The molecule has 0 aromatic rings. The minimum Gasteiger partial charge on any atom is -0.0585 e. The molecule has 0 bridgehead atoms. The summed E-state index contributed by atoms with van der Waals surface area (Å²) in [5, 5.41) is 0. The number of hydrogen-bond acceptors (Lipinski definition) is 0. The van der Waals surface area contributed by atoms with Gasteiger partial charge < -0.3 is 0 Å². The number of allylic oxidation sites excluding steroid dienone is 8. The van der Waals surface area contributed by atoms with E-state index in [4.69, 9.17) is 0 Å². The summed E-state index contributed by atoms with van der Waals surface area (Å²) in [6, 6.07) is 0. The van der Waals surface area contributed by atoms with Gasteiger partial charge in [0.15, 0.2) is 0 Å². The van der Waals surface area contributed by atoms with Gasteiger partial charge in [0.1, 0.15) is 0 Å². The van der Waals surface area contributed by atoms with Crippen molar-refractivity contribution in [3.05, 3.63) is 46.6 Å². The summed E-state index contributed by atoms with van der Waals surface area (Å²) in [5.41, 5.74) is 6.39. The predicted octanol–water partition coefficient (Wildman–Crippen LogP) is 4.85. The van der Waals surface area contributed by atoms with E-state index in [1.807, 2.05) is 0 Å². The molecule has 0 aromatic heterocycles. The van der Waals surface area contributed by atoms with E-state index in [2.05, 4.69) is 24.3 Å². The van der Waals surface area contributed by atoms with Crippen LogP contribution in [0.2, 0.25) is 0 Å². The van der Waals surface area contributed by atoms with Crippen LogP contribution in [0.15, 0.2) is 46.6 Å². The van der Waals surface area contributed by atoms with Crippen LogP contribution in [0.1, 0.15) is 51.4 Å². The third-order valence-corrected chi connectivity index (χ3v) is 4.08. The Kier molecular flexibility index (Phi) is 2.82. The normalized spacial score (nSPS) is 29.0. The van der Waals surface area contributed by atoms with Crippen molar-refractivity contribution in [2.75, 3.05) is 0 Å². The Bertz CT molecular complexity index is 326. The van der Waals surface area contributed by atoms with E-state index in [1.165, 1.54) is 51.4 Å². The highest BCUT2D eigenvalue weighted by Gasteiger charge is 2.13. The van der Waals surface area contributed by atoms with Crippen LogP contribution >= 0.6 is 0 Å². The highest BCUT2D eigenvalue weighted by atomic mass is 14.2. The molecule has 0 atom stereocenters. The number of hydrogen-bond donors (Lipinski definition) is 0. The molecule has 0 saturated heterocycles. The Morgan fingerprint density at radius 3 is 0.938 bits per heavy atom. The minimum absolute atomic E-state index is 1.29. The molecule has 0 fully saturated rings. The molecule has 0 unspecified atom stereocenters. The van der Waals surface area contributed by atoms with Crippen molar-refractivity contribution in [1.29, 1.82) is 0 Å². The Hall–Kier alpha value is -1.04. The fraction of sp³-hybridized carbons (Fsp3) is 0.500. The Balaban J connectivity index is 1.95. The Morgan fingerprint density at radius 2 is 0.688 bits per heavy atom. The molecule has 0 spiro atoms. The predicted molar refractivity (Wildman–Crippen MR) is 69.3 cm³/mol. The van der Waals surface area contributed by atoms with E-state index in [0.717, 1.165) is 0 Å². The second-order valence-corrected chi connectivity index (χ2v) is 5.18. The summed E-state index contributed by atoms with van der Waals surface area (Å²) >= 11 is 0. The summed E-state index contributed by atoms with van der Waals surface area (Å²) in [6.07, 6.45) is 20.3. The zero-order valence-corrected chi connectivity index (χ0v) is 9.97. The van der Waals surface area contributed by atoms with Gasteiger partial charge in [-0.15, -0.1) is 0 Å². The summed E-state index contributed by atoms with van der Waals surface area (Å²) < 4.78 is 0. The standard InChI is InChI=1S/C16H20/c1-2-6-14-11-12-16-8-4-3-7-15(16)10-9-13(14)5-1/h9-12H,1-8H2/b10-9-,12-11-,13-9?,14-11?,15-10?,16-12?. The zero-order valence-electron chi connectivity index (χ0n) is 9.97. The second-order valence-electron chi connectivity index (χ2n) is 5.18. The lowest BCUT2D eigenvalue weighted by atomic mass is 9.85. The van der Waals surface area contributed by atoms with Gasteiger partial charge in [-0.1, -0.05) is 24.3 Å². The van der Waals surface area contributed by atoms with Crippen molar-refractivity contribution in [3.63, 3.8) is 0 Å². The van der Waals surface area contributed by atoms with Crippen molar-refractivity contribution in [1.82, 2.24) is 0 Å². The van der Waals surface area contributed by atoms with Gasteiger partial charge in [-0.3, -0.25) is 0 Å². The first-order chi connectivity index (χ1) is 7.93. The third kappa shape index (κ3) is 1.93. The molecule has 0 heterocycles. The Labute approximate surface area is 98.4 Å². The smallest absolute Gasteiger partial charge is 0.0276 e. The van der Waals surface area contributed by atoms with Crippen LogP contribution in [0.5, 0.6) is 0 Å². The molecule has 3 rings (SSSR count). The molecule has 84 valence electrons. The van der Waals surface area contributed by atoms with Crippen LogP contribution in [-0.4, -0.2) is 0 Å². The maximum atomic E-state index is 2.40. The summed E-state index contributed by atoms with van der Waals surface area (Å²) in [7, 11) is 0. The van der Waals surface area contributed by atoms with Crippen molar-refractivity contribution in [3.8, 4) is 0 Å². The van der Waals surface area contributed by atoms with E-state index >= 15 is 0 Å². The highest BCUT2D eigenvalue weighted by molar-refractivity contribution is 5.46. The second kappa shape index (κ2) is 4.45. The van der Waals surface area contributed by atoms with Crippen molar-refractivity contribution >= 4 is 0 Å². The van der Waals surface area contributed by atoms with Gasteiger partial charge >= 0.3 is 0 Å². The molecule has 0 nitrogen and oxygen atoms in total. The van der Waals surface area contributed by atoms with E-state index < -0.39 is 0 Å². The van der Waals surface area contributed by atoms with Gasteiger partial charge in [0.2, 0.25) is 0 Å². The lowest BCUT2D eigenvalue weighted by molar-refractivity contribution is 0.682. The fourth-order valence-corrected chi connectivity index (χ4v) is 3.07. The van der Waals surface area contributed by atoms with Crippen LogP contribution in [0.3, 0.4) is 0 Å². The van der Waals surface area contributed by atoms with Crippen LogP contribution in [0.25, 0.3) is 0 Å². The molecule has 0 aromatic carbocycles. The molecular formula is C16H20. The molecular weight excluding hydrogens is 192 g/mol. The summed E-state index contributed by atoms with van der Waals surface area (Å²) in [5.74, 6) is 0. The maximum absolute atomic E-state index is 2.40. The highest BCUT2D eigenvalue weighted by Crippen LogP contribution is 2.33. The maximum Gasteiger partial charge on any atom is -0.0276 e. The molecule has 16 heavy (non-hydrogen) atoms. The van der Waals surface area contributed by atoms with Crippen LogP contribution < -0.4 is 0 Å². The van der Waals surface area contributed by atoms with Crippen molar-refractivity contribution in [2.45, 2.75) is 51.4 Å². The fourth-order valence-electron chi connectivity index (χ4n) is 3.07. The molecule has 3 aliphatic rings. The lowest BCUT2D eigenvalue weighted by Crippen LogP contribution is -2.01. The monoisotopic (exact) mass is 212 g/mol. The first-order valence-corrected chi connectivity index (χ1v) is 6.74. The third-order valence-electron chi connectivity index (χ3n) is 4.08. The van der Waals surface area contributed by atoms with E-state index in [0.29, 0.717) is 0 Å². The number of rotatable bonds is 0.